The van der Waals surface area contributed by atoms with Crippen LogP contribution in [0.15, 0.2) is 18.2 Å². The fourth-order valence-electron chi connectivity index (χ4n) is 1.46. The number of halogens is 2. The molecule has 1 rings (SSSR count). The Hall–Kier alpha value is -0.570. The predicted molar refractivity (Wildman–Crippen MR) is 68.6 cm³/mol. The molecular formula is C13H18BrFO. The molecule has 3 heteroatoms. The summed E-state index contributed by atoms with van der Waals surface area (Å²) in [5.41, 5.74) is 0.902. The third-order valence-corrected chi connectivity index (χ3v) is 2.93. The molecular weight excluding hydrogens is 271 g/mol. The summed E-state index contributed by atoms with van der Waals surface area (Å²) in [7, 11) is 0. The highest BCUT2D eigenvalue weighted by Gasteiger charge is 2.01. The summed E-state index contributed by atoms with van der Waals surface area (Å²) in [6.07, 6.45) is 2.15. The first-order valence-electron chi connectivity index (χ1n) is 5.60. The molecule has 0 saturated heterocycles. The molecule has 0 heterocycles. The molecule has 0 saturated carbocycles. The molecule has 0 spiro atoms. The van der Waals surface area contributed by atoms with Crippen molar-refractivity contribution < 1.29 is 9.13 Å². The van der Waals surface area contributed by atoms with Crippen LogP contribution in [-0.4, -0.2) is 6.61 Å². The molecule has 1 aromatic carbocycles. The van der Waals surface area contributed by atoms with Crippen LogP contribution >= 0.6 is 15.9 Å². The van der Waals surface area contributed by atoms with Gasteiger partial charge < -0.3 is 4.74 Å². The highest BCUT2D eigenvalue weighted by Crippen LogP contribution is 2.18. The van der Waals surface area contributed by atoms with Crippen molar-refractivity contribution in [1.29, 1.82) is 0 Å². The average molecular weight is 289 g/mol. The van der Waals surface area contributed by atoms with E-state index in [2.05, 4.69) is 29.8 Å². The fraction of sp³-hybridized carbons (Fsp3) is 0.538. The van der Waals surface area contributed by atoms with Crippen molar-refractivity contribution in [2.24, 2.45) is 5.92 Å². The second kappa shape index (κ2) is 6.89. The summed E-state index contributed by atoms with van der Waals surface area (Å²) in [5, 5.41) is 0.646. The Morgan fingerprint density at radius 2 is 2.06 bits per heavy atom. The van der Waals surface area contributed by atoms with Crippen molar-refractivity contribution in [3.63, 3.8) is 0 Å². The summed E-state index contributed by atoms with van der Waals surface area (Å²) >= 11 is 3.30. The zero-order valence-corrected chi connectivity index (χ0v) is 11.4. The van der Waals surface area contributed by atoms with Crippen molar-refractivity contribution in [2.75, 3.05) is 6.61 Å². The van der Waals surface area contributed by atoms with Crippen LogP contribution in [0.25, 0.3) is 0 Å². The first-order valence-corrected chi connectivity index (χ1v) is 6.72. The van der Waals surface area contributed by atoms with Gasteiger partial charge in [0, 0.05) is 11.4 Å². The summed E-state index contributed by atoms with van der Waals surface area (Å²) in [6.45, 7) is 5.03. The van der Waals surface area contributed by atoms with E-state index in [0.717, 1.165) is 18.4 Å². The van der Waals surface area contributed by atoms with Gasteiger partial charge in [-0.2, -0.15) is 0 Å². The van der Waals surface area contributed by atoms with Crippen LogP contribution in [-0.2, 0) is 5.33 Å². The van der Waals surface area contributed by atoms with Crippen LogP contribution in [0, 0.1) is 11.7 Å². The number of rotatable bonds is 6. The van der Waals surface area contributed by atoms with Gasteiger partial charge in [-0.15, -0.1) is 0 Å². The molecule has 0 atom stereocenters. The van der Waals surface area contributed by atoms with E-state index in [9.17, 15) is 4.39 Å². The van der Waals surface area contributed by atoms with Gasteiger partial charge in [-0.3, -0.25) is 0 Å². The minimum Gasteiger partial charge on any atom is -0.493 e. The van der Waals surface area contributed by atoms with Crippen LogP contribution in [0.1, 0.15) is 32.3 Å². The molecule has 0 amide bonds. The second-order valence-electron chi connectivity index (χ2n) is 4.31. The van der Waals surface area contributed by atoms with Crippen molar-refractivity contribution in [2.45, 2.75) is 32.0 Å². The quantitative estimate of drug-likeness (QED) is 0.552. The second-order valence-corrected chi connectivity index (χ2v) is 4.87. The zero-order chi connectivity index (χ0) is 12.0. The normalized spacial score (nSPS) is 10.8. The van der Waals surface area contributed by atoms with Crippen LogP contribution in [0.3, 0.4) is 0 Å². The summed E-state index contributed by atoms with van der Waals surface area (Å²) < 4.78 is 18.7. The molecule has 1 nitrogen and oxygen atoms in total. The maximum absolute atomic E-state index is 13.2. The van der Waals surface area contributed by atoms with Crippen molar-refractivity contribution in [3.05, 3.63) is 29.6 Å². The standard InChI is InChI=1S/C13H18BrFO/c1-10(2)4-3-5-16-13-7-11(9-14)6-12(15)8-13/h6-8,10H,3-5,9H2,1-2H3. The van der Waals surface area contributed by atoms with Gasteiger partial charge in [0.1, 0.15) is 11.6 Å². The van der Waals surface area contributed by atoms with E-state index < -0.39 is 0 Å². The van der Waals surface area contributed by atoms with Crippen molar-refractivity contribution in [1.82, 2.24) is 0 Å². The van der Waals surface area contributed by atoms with E-state index in [1.54, 1.807) is 0 Å². The van der Waals surface area contributed by atoms with Gasteiger partial charge in [-0.25, -0.2) is 4.39 Å². The Morgan fingerprint density at radius 1 is 1.31 bits per heavy atom. The zero-order valence-electron chi connectivity index (χ0n) is 9.80. The van der Waals surface area contributed by atoms with E-state index >= 15 is 0 Å². The lowest BCUT2D eigenvalue weighted by Crippen LogP contribution is -2.00. The van der Waals surface area contributed by atoms with E-state index in [4.69, 9.17) is 4.74 Å². The van der Waals surface area contributed by atoms with E-state index in [-0.39, 0.29) is 5.82 Å². The van der Waals surface area contributed by atoms with Crippen LogP contribution < -0.4 is 4.74 Å². The van der Waals surface area contributed by atoms with E-state index in [1.807, 2.05) is 6.07 Å². The lowest BCUT2D eigenvalue weighted by Gasteiger charge is -2.08. The molecule has 0 bridgehead atoms. The molecule has 0 aliphatic rings. The van der Waals surface area contributed by atoms with Gasteiger partial charge in [0.2, 0.25) is 0 Å². The van der Waals surface area contributed by atoms with Gasteiger partial charge >= 0.3 is 0 Å². The Bertz CT molecular complexity index is 326. The van der Waals surface area contributed by atoms with Crippen LogP contribution in [0.2, 0.25) is 0 Å². The lowest BCUT2D eigenvalue weighted by atomic mass is 10.1. The van der Waals surface area contributed by atoms with Gasteiger partial charge in [-0.1, -0.05) is 29.8 Å². The van der Waals surface area contributed by atoms with Gasteiger partial charge in [-0.05, 0) is 36.5 Å². The lowest BCUT2D eigenvalue weighted by molar-refractivity contribution is 0.296. The monoisotopic (exact) mass is 288 g/mol. The smallest absolute Gasteiger partial charge is 0.127 e. The summed E-state index contributed by atoms with van der Waals surface area (Å²) in [5.74, 6) is 1.07. The molecule has 0 fully saturated rings. The third kappa shape index (κ3) is 4.97. The fourth-order valence-corrected chi connectivity index (χ4v) is 1.79. The Kier molecular flexibility index (Phi) is 5.81. The summed E-state index contributed by atoms with van der Waals surface area (Å²) in [6, 6.07) is 4.81. The first-order chi connectivity index (χ1) is 7.61. The molecule has 0 aliphatic carbocycles. The Morgan fingerprint density at radius 3 is 2.69 bits per heavy atom. The number of alkyl halides is 1. The van der Waals surface area contributed by atoms with Gasteiger partial charge in [0.05, 0.1) is 6.61 Å². The number of hydrogen-bond donors (Lipinski definition) is 0. The van der Waals surface area contributed by atoms with Crippen molar-refractivity contribution >= 4 is 15.9 Å². The minimum atomic E-state index is -0.240. The topological polar surface area (TPSA) is 9.23 Å². The molecule has 1 aromatic rings. The highest BCUT2D eigenvalue weighted by atomic mass is 79.9. The Balaban J connectivity index is 2.44. The Labute approximate surface area is 105 Å². The average Bonchev–Trinajstić information content (AvgIpc) is 2.23. The molecule has 0 unspecified atom stereocenters. The number of ether oxygens (including phenoxy) is 1. The third-order valence-electron chi connectivity index (χ3n) is 2.28. The van der Waals surface area contributed by atoms with Gasteiger partial charge in [0.25, 0.3) is 0 Å². The van der Waals surface area contributed by atoms with Gasteiger partial charge in [0.15, 0.2) is 0 Å². The SMILES string of the molecule is CC(C)CCCOc1cc(F)cc(CBr)c1. The van der Waals surface area contributed by atoms with Crippen molar-refractivity contribution in [3.8, 4) is 5.75 Å². The predicted octanol–water partition coefficient (Wildman–Crippen LogP) is 4.54. The maximum Gasteiger partial charge on any atom is 0.127 e. The minimum absolute atomic E-state index is 0.240. The molecule has 0 aromatic heterocycles. The molecule has 90 valence electrons. The first kappa shape index (κ1) is 13.5. The van der Waals surface area contributed by atoms with Crippen LogP contribution in [0.4, 0.5) is 4.39 Å². The largest absolute Gasteiger partial charge is 0.493 e. The number of benzene rings is 1. The molecule has 0 N–H and O–H groups in total. The molecule has 16 heavy (non-hydrogen) atoms. The highest BCUT2D eigenvalue weighted by molar-refractivity contribution is 9.08. The maximum atomic E-state index is 13.2. The van der Waals surface area contributed by atoms with E-state index in [0.29, 0.717) is 23.6 Å². The summed E-state index contributed by atoms with van der Waals surface area (Å²) in [4.78, 5) is 0. The van der Waals surface area contributed by atoms with E-state index in [1.165, 1.54) is 12.1 Å². The number of hydrogen-bond acceptors (Lipinski definition) is 1. The molecule has 0 radical (unpaired) electrons. The molecule has 0 aliphatic heterocycles. The van der Waals surface area contributed by atoms with Crippen LogP contribution in [0.5, 0.6) is 5.75 Å².